The highest BCUT2D eigenvalue weighted by atomic mass is 32.2. The molecule has 100 valence electrons. The van der Waals surface area contributed by atoms with Crippen LogP contribution in [0.2, 0.25) is 0 Å². The van der Waals surface area contributed by atoms with Crippen LogP contribution in [0.1, 0.15) is 39.2 Å². The zero-order valence-electron chi connectivity index (χ0n) is 11.5. The van der Waals surface area contributed by atoms with E-state index in [0.29, 0.717) is 0 Å². The summed E-state index contributed by atoms with van der Waals surface area (Å²) in [5.41, 5.74) is 2.18. The summed E-state index contributed by atoms with van der Waals surface area (Å²) in [5.74, 6) is 1.15. The smallest absolute Gasteiger partial charge is 0.237 e. The monoisotopic (exact) mass is 265 g/mol. The molecule has 0 bridgehead atoms. The van der Waals surface area contributed by atoms with Gasteiger partial charge in [-0.1, -0.05) is 32.4 Å². The Morgan fingerprint density at radius 1 is 1.28 bits per heavy atom. The molecule has 0 heterocycles. The normalized spacial score (nSPS) is 12.2. The number of hydrogen-bond donors (Lipinski definition) is 1. The number of unbranched alkanes of at least 4 members (excludes halogenated alkanes) is 1. The third-order valence-electron chi connectivity index (χ3n) is 2.86. The van der Waals surface area contributed by atoms with Crippen LogP contribution < -0.4 is 5.32 Å². The molecule has 1 rings (SSSR count). The maximum absolute atomic E-state index is 11.9. The number of amides is 1. The van der Waals surface area contributed by atoms with E-state index in [0.717, 1.165) is 17.9 Å². The van der Waals surface area contributed by atoms with E-state index < -0.39 is 0 Å². The van der Waals surface area contributed by atoms with Crippen molar-refractivity contribution in [1.29, 1.82) is 0 Å². The van der Waals surface area contributed by atoms with E-state index in [9.17, 15) is 4.79 Å². The predicted octanol–water partition coefficient (Wildman–Crippen LogP) is 4.11. The van der Waals surface area contributed by atoms with Crippen molar-refractivity contribution in [2.45, 2.75) is 45.3 Å². The number of thioether (sulfide) groups is 1. The molecule has 0 radical (unpaired) electrons. The molecule has 1 aromatic rings. The van der Waals surface area contributed by atoms with Gasteiger partial charge in [0.2, 0.25) is 5.91 Å². The van der Waals surface area contributed by atoms with Gasteiger partial charge in [-0.15, -0.1) is 11.8 Å². The van der Waals surface area contributed by atoms with Crippen molar-refractivity contribution in [3.05, 3.63) is 29.8 Å². The third kappa shape index (κ3) is 5.13. The van der Waals surface area contributed by atoms with Crippen LogP contribution >= 0.6 is 11.8 Å². The Kier molecular flexibility index (Phi) is 6.88. The Bertz CT molecular complexity index is 361. The minimum absolute atomic E-state index is 0.0161. The number of hydrogen-bond acceptors (Lipinski definition) is 2. The molecule has 0 saturated carbocycles. The highest BCUT2D eigenvalue weighted by Gasteiger charge is 2.12. The average Bonchev–Trinajstić information content (AvgIpc) is 2.39. The topological polar surface area (TPSA) is 29.1 Å². The van der Waals surface area contributed by atoms with Gasteiger partial charge in [0.1, 0.15) is 0 Å². The van der Waals surface area contributed by atoms with Gasteiger partial charge in [0.25, 0.3) is 0 Å². The van der Waals surface area contributed by atoms with E-state index in [2.05, 4.69) is 31.3 Å². The second-order valence-corrected chi connectivity index (χ2v) is 5.85. The van der Waals surface area contributed by atoms with Crippen molar-refractivity contribution >= 4 is 23.4 Å². The van der Waals surface area contributed by atoms with Crippen molar-refractivity contribution < 1.29 is 4.79 Å². The molecule has 3 heteroatoms. The van der Waals surface area contributed by atoms with Gasteiger partial charge < -0.3 is 5.32 Å². The fourth-order valence-electron chi connectivity index (χ4n) is 1.55. The fraction of sp³-hybridized carbons (Fsp3) is 0.533. The largest absolute Gasteiger partial charge is 0.325 e. The molecule has 18 heavy (non-hydrogen) atoms. The van der Waals surface area contributed by atoms with E-state index in [1.54, 1.807) is 11.8 Å². The van der Waals surface area contributed by atoms with E-state index >= 15 is 0 Å². The van der Waals surface area contributed by atoms with Crippen LogP contribution in [0.3, 0.4) is 0 Å². The minimum atomic E-state index is 0.0161. The second kappa shape index (κ2) is 8.20. The summed E-state index contributed by atoms with van der Waals surface area (Å²) >= 11 is 1.72. The summed E-state index contributed by atoms with van der Waals surface area (Å²) in [5, 5.41) is 2.98. The molecule has 1 amide bonds. The van der Waals surface area contributed by atoms with Crippen molar-refractivity contribution in [2.75, 3.05) is 11.1 Å². The third-order valence-corrected chi connectivity index (χ3v) is 4.10. The lowest BCUT2D eigenvalue weighted by atomic mass is 10.1. The molecule has 2 nitrogen and oxygen atoms in total. The molecule has 0 aliphatic heterocycles. The summed E-state index contributed by atoms with van der Waals surface area (Å²) in [6.45, 7) is 6.26. The summed E-state index contributed by atoms with van der Waals surface area (Å²) in [7, 11) is 0. The molecule has 0 aliphatic carbocycles. The molecule has 1 unspecified atom stereocenters. The lowest BCUT2D eigenvalue weighted by Gasteiger charge is -2.12. The van der Waals surface area contributed by atoms with Gasteiger partial charge in [-0.25, -0.2) is 0 Å². The first-order valence-electron chi connectivity index (χ1n) is 6.68. The molecule has 0 aromatic heterocycles. The number of nitrogens with one attached hydrogen (secondary N) is 1. The Labute approximate surface area is 115 Å². The first-order valence-corrected chi connectivity index (χ1v) is 7.73. The van der Waals surface area contributed by atoms with Crippen molar-refractivity contribution in [2.24, 2.45) is 0 Å². The summed E-state index contributed by atoms with van der Waals surface area (Å²) in [6.07, 6.45) is 3.38. The summed E-state index contributed by atoms with van der Waals surface area (Å²) < 4.78 is 0. The molecule has 0 spiro atoms. The predicted molar refractivity (Wildman–Crippen MR) is 81.3 cm³/mol. The lowest BCUT2D eigenvalue weighted by molar-refractivity contribution is -0.115. The van der Waals surface area contributed by atoms with Gasteiger partial charge in [-0.05, 0) is 43.2 Å². The number of rotatable bonds is 7. The maximum atomic E-state index is 11.9. The summed E-state index contributed by atoms with van der Waals surface area (Å²) in [6, 6.07) is 8.06. The van der Waals surface area contributed by atoms with Gasteiger partial charge >= 0.3 is 0 Å². The highest BCUT2D eigenvalue weighted by Crippen LogP contribution is 2.16. The quantitative estimate of drug-likeness (QED) is 0.752. The van der Waals surface area contributed by atoms with Crippen LogP contribution in [0.5, 0.6) is 0 Å². The zero-order chi connectivity index (χ0) is 13.4. The van der Waals surface area contributed by atoms with Gasteiger partial charge in [0.05, 0.1) is 5.25 Å². The van der Waals surface area contributed by atoms with Crippen LogP contribution in [0.4, 0.5) is 5.69 Å². The van der Waals surface area contributed by atoms with Crippen molar-refractivity contribution in [1.82, 2.24) is 0 Å². The number of carbonyl (C=O) groups is 1. The van der Waals surface area contributed by atoms with E-state index in [-0.39, 0.29) is 11.2 Å². The Morgan fingerprint density at radius 2 is 1.94 bits per heavy atom. The van der Waals surface area contributed by atoms with Crippen LogP contribution in [0.25, 0.3) is 0 Å². The number of anilines is 1. The number of benzene rings is 1. The Balaban J connectivity index is 2.42. The highest BCUT2D eigenvalue weighted by molar-refractivity contribution is 8.00. The molecule has 1 aromatic carbocycles. The summed E-state index contributed by atoms with van der Waals surface area (Å²) in [4.78, 5) is 11.9. The number of carbonyl (C=O) groups excluding carboxylic acids is 1. The zero-order valence-corrected chi connectivity index (χ0v) is 12.3. The van der Waals surface area contributed by atoms with Gasteiger partial charge in [-0.3, -0.25) is 4.79 Å². The second-order valence-electron chi connectivity index (χ2n) is 4.41. The lowest BCUT2D eigenvalue weighted by Crippen LogP contribution is -2.22. The average molecular weight is 265 g/mol. The number of aryl methyl sites for hydroxylation is 1. The molecule has 1 atom stereocenters. The van der Waals surface area contributed by atoms with Crippen LogP contribution in [0.15, 0.2) is 24.3 Å². The van der Waals surface area contributed by atoms with E-state index in [1.807, 2.05) is 19.1 Å². The first-order chi connectivity index (χ1) is 8.67. The molecular weight excluding hydrogens is 242 g/mol. The molecule has 0 fully saturated rings. The SMILES string of the molecule is CCCCSC(C)C(=O)Nc1ccc(CC)cc1. The standard InChI is InChI=1S/C15H23NOS/c1-4-6-11-18-12(3)15(17)16-14-9-7-13(5-2)8-10-14/h7-10,12H,4-6,11H2,1-3H3,(H,16,17). The molecule has 1 N–H and O–H groups in total. The van der Waals surface area contributed by atoms with Crippen LogP contribution in [-0.2, 0) is 11.2 Å². The van der Waals surface area contributed by atoms with Gasteiger partial charge in [-0.2, -0.15) is 0 Å². The van der Waals surface area contributed by atoms with E-state index in [4.69, 9.17) is 0 Å². The minimum Gasteiger partial charge on any atom is -0.325 e. The Morgan fingerprint density at radius 3 is 2.50 bits per heavy atom. The van der Waals surface area contributed by atoms with Crippen molar-refractivity contribution in [3.63, 3.8) is 0 Å². The van der Waals surface area contributed by atoms with Gasteiger partial charge in [0.15, 0.2) is 0 Å². The molecule has 0 saturated heterocycles. The Hall–Kier alpha value is -0.960. The van der Waals surface area contributed by atoms with Crippen molar-refractivity contribution in [3.8, 4) is 0 Å². The maximum Gasteiger partial charge on any atom is 0.237 e. The molecule has 0 aliphatic rings. The fourth-order valence-corrected chi connectivity index (χ4v) is 2.57. The van der Waals surface area contributed by atoms with Crippen LogP contribution in [0, 0.1) is 0 Å². The molecular formula is C15H23NOS. The van der Waals surface area contributed by atoms with Gasteiger partial charge in [0, 0.05) is 5.69 Å². The van der Waals surface area contributed by atoms with Crippen LogP contribution in [-0.4, -0.2) is 16.9 Å². The van der Waals surface area contributed by atoms with E-state index in [1.165, 1.54) is 18.4 Å². The first kappa shape index (κ1) is 15.1.